The molecule has 2 heteroatoms. The van der Waals surface area contributed by atoms with Crippen molar-refractivity contribution >= 4 is 5.97 Å². The van der Waals surface area contributed by atoms with Crippen LogP contribution < -0.4 is 0 Å². The Balaban J connectivity index is 3.90. The zero-order chi connectivity index (χ0) is 15.4. The number of carbonyl (C=O) groups is 1. The van der Waals surface area contributed by atoms with E-state index in [2.05, 4.69) is 31.6 Å². The molecule has 1 atom stereocenters. The molecule has 0 saturated heterocycles. The second-order valence-electron chi connectivity index (χ2n) is 5.77. The zero-order valence-electron chi connectivity index (χ0n) is 13.9. The summed E-state index contributed by atoms with van der Waals surface area (Å²) in [6, 6.07) is 0. The van der Waals surface area contributed by atoms with E-state index >= 15 is 0 Å². The van der Waals surface area contributed by atoms with Crippen molar-refractivity contribution in [2.75, 3.05) is 7.11 Å². The van der Waals surface area contributed by atoms with Crippen molar-refractivity contribution in [2.24, 2.45) is 11.8 Å². The highest BCUT2D eigenvalue weighted by Gasteiger charge is 2.05. The summed E-state index contributed by atoms with van der Waals surface area (Å²) in [5, 5.41) is 0. The minimum absolute atomic E-state index is 0.287. The van der Waals surface area contributed by atoms with Crippen LogP contribution in [-0.4, -0.2) is 13.1 Å². The molecule has 20 heavy (non-hydrogen) atoms. The van der Waals surface area contributed by atoms with Gasteiger partial charge in [-0.15, -0.1) is 0 Å². The van der Waals surface area contributed by atoms with Gasteiger partial charge in [-0.25, -0.2) is 4.79 Å². The lowest BCUT2D eigenvalue weighted by Gasteiger charge is -2.13. The van der Waals surface area contributed by atoms with E-state index in [0.29, 0.717) is 5.92 Å². The molecule has 0 N–H and O–H groups in total. The lowest BCUT2D eigenvalue weighted by atomic mass is 9.93. The van der Waals surface area contributed by atoms with Crippen molar-refractivity contribution in [1.29, 1.82) is 0 Å². The van der Waals surface area contributed by atoms with Gasteiger partial charge in [0.2, 0.25) is 0 Å². The molecule has 0 radical (unpaired) electrons. The first-order valence-electron chi connectivity index (χ1n) is 7.96. The molecule has 0 spiro atoms. The summed E-state index contributed by atoms with van der Waals surface area (Å²) in [5.74, 6) is 1.33. The summed E-state index contributed by atoms with van der Waals surface area (Å²) in [7, 11) is 1.40. The van der Waals surface area contributed by atoms with E-state index in [1.54, 1.807) is 0 Å². The largest absolute Gasteiger partial charge is 0.466 e. The monoisotopic (exact) mass is 280 g/mol. The Labute approximate surface area is 125 Å². The van der Waals surface area contributed by atoms with Gasteiger partial charge in [0.25, 0.3) is 0 Å². The number of hydrogen-bond acceptors (Lipinski definition) is 2. The summed E-state index contributed by atoms with van der Waals surface area (Å²) in [6.45, 7) is 8.80. The standard InChI is InChI=1S/C18H32O2/c1-6-17(7-2)13-9-11-15(3)10-8-12-16(4)14-18(19)20-5/h8,12,14-15,17H,6-7,9-11,13H2,1-5H3. The number of ether oxygens (including phenoxy) is 1. The molecule has 0 saturated carbocycles. The highest BCUT2D eigenvalue weighted by molar-refractivity contribution is 5.83. The Bertz CT molecular complexity index is 311. The zero-order valence-corrected chi connectivity index (χ0v) is 13.9. The molecule has 0 bridgehead atoms. The SMILES string of the molecule is CCC(CC)CCCC(C)CC=CC(C)=CC(=O)OC. The summed E-state index contributed by atoms with van der Waals surface area (Å²) in [6.07, 6.45) is 13.4. The molecule has 0 aliphatic rings. The number of allylic oxidation sites excluding steroid dienone is 3. The average Bonchev–Trinajstić information content (AvgIpc) is 2.43. The molecule has 0 aliphatic heterocycles. The van der Waals surface area contributed by atoms with E-state index in [-0.39, 0.29) is 5.97 Å². The maximum atomic E-state index is 11.0. The first-order chi connectivity index (χ1) is 9.53. The van der Waals surface area contributed by atoms with Crippen molar-refractivity contribution in [3.8, 4) is 0 Å². The van der Waals surface area contributed by atoms with E-state index in [9.17, 15) is 4.79 Å². The maximum absolute atomic E-state index is 11.0. The van der Waals surface area contributed by atoms with Crippen LogP contribution >= 0.6 is 0 Å². The van der Waals surface area contributed by atoms with Gasteiger partial charge >= 0.3 is 5.97 Å². The lowest BCUT2D eigenvalue weighted by molar-refractivity contribution is -0.134. The smallest absolute Gasteiger partial charge is 0.330 e. The Morgan fingerprint density at radius 1 is 1.20 bits per heavy atom. The van der Waals surface area contributed by atoms with Crippen molar-refractivity contribution in [3.63, 3.8) is 0 Å². The van der Waals surface area contributed by atoms with Crippen LogP contribution in [0.3, 0.4) is 0 Å². The minimum atomic E-state index is -0.287. The lowest BCUT2D eigenvalue weighted by Crippen LogP contribution is -1.99. The van der Waals surface area contributed by atoms with E-state index < -0.39 is 0 Å². The van der Waals surface area contributed by atoms with E-state index in [1.165, 1.54) is 45.3 Å². The third-order valence-electron chi connectivity index (χ3n) is 3.93. The van der Waals surface area contributed by atoms with Crippen LogP contribution in [0.4, 0.5) is 0 Å². The van der Waals surface area contributed by atoms with E-state index in [0.717, 1.165) is 17.9 Å². The van der Waals surface area contributed by atoms with Gasteiger partial charge in [0, 0.05) is 6.08 Å². The number of esters is 1. The van der Waals surface area contributed by atoms with Crippen LogP contribution in [0.2, 0.25) is 0 Å². The van der Waals surface area contributed by atoms with Gasteiger partial charge < -0.3 is 4.74 Å². The predicted molar refractivity (Wildman–Crippen MR) is 86.6 cm³/mol. The fourth-order valence-electron chi connectivity index (χ4n) is 2.35. The highest BCUT2D eigenvalue weighted by atomic mass is 16.5. The van der Waals surface area contributed by atoms with Crippen molar-refractivity contribution in [3.05, 3.63) is 23.8 Å². The summed E-state index contributed by atoms with van der Waals surface area (Å²) < 4.78 is 4.60. The number of hydrogen-bond donors (Lipinski definition) is 0. The number of rotatable bonds is 10. The van der Waals surface area contributed by atoms with E-state index in [4.69, 9.17) is 0 Å². The molecule has 0 amide bonds. The van der Waals surface area contributed by atoms with Gasteiger partial charge in [-0.3, -0.25) is 0 Å². The number of carbonyl (C=O) groups excluding carboxylic acids is 1. The van der Waals surface area contributed by atoms with Gasteiger partial charge in [-0.1, -0.05) is 65.0 Å². The van der Waals surface area contributed by atoms with Crippen LogP contribution in [0.1, 0.15) is 66.2 Å². The van der Waals surface area contributed by atoms with Gasteiger partial charge in [-0.05, 0) is 30.8 Å². The normalized spacial score (nSPS) is 14.0. The molecule has 0 fully saturated rings. The maximum Gasteiger partial charge on any atom is 0.330 e. The van der Waals surface area contributed by atoms with Crippen molar-refractivity contribution in [1.82, 2.24) is 0 Å². The molecule has 0 aromatic heterocycles. The Morgan fingerprint density at radius 3 is 2.40 bits per heavy atom. The quantitative estimate of drug-likeness (QED) is 0.308. The Hall–Kier alpha value is -1.05. The molecule has 116 valence electrons. The molecule has 1 unspecified atom stereocenters. The van der Waals surface area contributed by atoms with Crippen molar-refractivity contribution < 1.29 is 9.53 Å². The van der Waals surface area contributed by atoms with Crippen molar-refractivity contribution in [2.45, 2.75) is 66.2 Å². The molecular weight excluding hydrogens is 248 g/mol. The molecule has 0 aromatic carbocycles. The third-order valence-corrected chi connectivity index (χ3v) is 3.93. The van der Waals surface area contributed by atoms with E-state index in [1.807, 2.05) is 13.0 Å². The Morgan fingerprint density at radius 2 is 1.85 bits per heavy atom. The molecule has 0 aliphatic carbocycles. The molecular formula is C18H32O2. The van der Waals surface area contributed by atoms with Gasteiger partial charge in [0.15, 0.2) is 0 Å². The topological polar surface area (TPSA) is 26.3 Å². The summed E-state index contributed by atoms with van der Waals surface area (Å²) in [4.78, 5) is 11.0. The second-order valence-corrected chi connectivity index (χ2v) is 5.77. The predicted octanol–water partition coefficient (Wildman–Crippen LogP) is 5.29. The van der Waals surface area contributed by atoms with Gasteiger partial charge in [0.1, 0.15) is 0 Å². The third kappa shape index (κ3) is 9.82. The fourth-order valence-corrected chi connectivity index (χ4v) is 2.35. The summed E-state index contributed by atoms with van der Waals surface area (Å²) in [5.41, 5.74) is 0.945. The Kier molecular flexibility index (Phi) is 11.1. The highest BCUT2D eigenvalue weighted by Crippen LogP contribution is 2.20. The molecule has 2 nitrogen and oxygen atoms in total. The second kappa shape index (κ2) is 11.7. The summed E-state index contributed by atoms with van der Waals surface area (Å²) >= 11 is 0. The molecule has 0 aromatic rings. The average molecular weight is 280 g/mol. The fraction of sp³-hybridized carbons (Fsp3) is 0.722. The first kappa shape index (κ1) is 18.9. The number of methoxy groups -OCH3 is 1. The first-order valence-corrected chi connectivity index (χ1v) is 7.96. The minimum Gasteiger partial charge on any atom is -0.466 e. The van der Waals surface area contributed by atoms with Gasteiger partial charge in [-0.2, -0.15) is 0 Å². The van der Waals surface area contributed by atoms with Crippen LogP contribution in [0, 0.1) is 11.8 Å². The van der Waals surface area contributed by atoms with Crippen LogP contribution in [0.5, 0.6) is 0 Å². The van der Waals surface area contributed by atoms with Crippen LogP contribution in [0.25, 0.3) is 0 Å². The van der Waals surface area contributed by atoms with Gasteiger partial charge in [0.05, 0.1) is 7.11 Å². The molecule has 0 rings (SSSR count). The molecule has 0 heterocycles. The van der Waals surface area contributed by atoms with Crippen LogP contribution in [-0.2, 0) is 9.53 Å². The van der Waals surface area contributed by atoms with Crippen LogP contribution in [0.15, 0.2) is 23.8 Å².